The number of hydrogen-bond acceptors (Lipinski definition) is 4. The predicted octanol–water partition coefficient (Wildman–Crippen LogP) is -1.69. The van der Waals surface area contributed by atoms with Crippen LogP contribution in [-0.4, -0.2) is 63.2 Å². The number of sulfonamides is 1. The van der Waals surface area contributed by atoms with E-state index in [9.17, 15) is 18.0 Å². The van der Waals surface area contributed by atoms with E-state index in [1.165, 1.54) is 10.6 Å². The zero-order valence-corrected chi connectivity index (χ0v) is 15.6. The van der Waals surface area contributed by atoms with Crippen molar-refractivity contribution >= 4 is 21.6 Å². The Labute approximate surface area is 147 Å². The number of anilines is 1. The number of pyridine rings is 1. The summed E-state index contributed by atoms with van der Waals surface area (Å²) in [4.78, 5) is 25.7. The molecule has 2 bridgehead atoms. The molecule has 1 fully saturated rings. The minimum absolute atomic E-state index is 0.0193. The smallest absolute Gasteiger partial charge is 0.279 e. The molecule has 9 heteroatoms. The van der Waals surface area contributed by atoms with Gasteiger partial charge < -0.3 is 14.8 Å². The third-order valence-electron chi connectivity index (χ3n) is 4.83. The fraction of sp³-hybridized carbons (Fsp3) is 0.625. The summed E-state index contributed by atoms with van der Waals surface area (Å²) in [5, 5.41) is 2.69. The van der Waals surface area contributed by atoms with Crippen LogP contribution in [-0.2, 0) is 21.4 Å². The van der Waals surface area contributed by atoms with Gasteiger partial charge in [-0.2, -0.15) is 0 Å². The maximum Gasteiger partial charge on any atom is 0.279 e. The average Bonchev–Trinajstić information content (AvgIpc) is 2.48. The summed E-state index contributed by atoms with van der Waals surface area (Å²) in [6, 6.07) is 3.48. The van der Waals surface area contributed by atoms with Crippen LogP contribution in [0.4, 0.5) is 5.69 Å². The van der Waals surface area contributed by atoms with Gasteiger partial charge in [-0.1, -0.05) is 0 Å². The van der Waals surface area contributed by atoms with Crippen molar-refractivity contribution in [3.63, 3.8) is 0 Å². The number of likely N-dealkylation sites (N-methyl/N-ethyl adjacent to an activating group) is 1. The number of fused-ring (bicyclic) bond motifs is 4. The Morgan fingerprint density at radius 3 is 2.64 bits per heavy atom. The number of aromatic nitrogens is 1. The number of hydrogen-bond donors (Lipinski definition) is 2. The molecule has 2 N–H and O–H groups in total. The quantitative estimate of drug-likeness (QED) is 0.662. The second-order valence-electron chi connectivity index (χ2n) is 7.40. The third kappa shape index (κ3) is 3.78. The molecule has 1 amide bonds. The van der Waals surface area contributed by atoms with Crippen LogP contribution in [0.1, 0.15) is 18.0 Å². The Bertz CT molecular complexity index is 846. The maximum atomic E-state index is 12.8. The van der Waals surface area contributed by atoms with Gasteiger partial charge in [-0.25, -0.2) is 12.7 Å². The minimum Gasteiger partial charge on any atom is -0.332 e. The SMILES string of the molecule is C[NH+](C)CC(=O)Nc1ccc2n(c1=O)C[C@H]1C[C@@H]2CN(S(C)(=O)=O)C1. The Balaban J connectivity index is 1.88. The van der Waals surface area contributed by atoms with E-state index < -0.39 is 10.0 Å². The molecule has 1 saturated heterocycles. The lowest BCUT2D eigenvalue weighted by molar-refractivity contribution is -0.849. The molecule has 0 aliphatic carbocycles. The molecule has 8 nitrogen and oxygen atoms in total. The molecular formula is C16H25N4O4S+. The Morgan fingerprint density at radius 1 is 1.28 bits per heavy atom. The molecule has 138 valence electrons. The van der Waals surface area contributed by atoms with Crippen molar-refractivity contribution in [1.82, 2.24) is 8.87 Å². The first-order valence-electron chi connectivity index (χ1n) is 8.43. The van der Waals surface area contributed by atoms with Gasteiger partial charge in [-0.05, 0) is 24.5 Å². The average molecular weight is 369 g/mol. The van der Waals surface area contributed by atoms with Crippen LogP contribution < -0.4 is 15.8 Å². The topological polar surface area (TPSA) is 92.9 Å². The number of piperidine rings is 1. The van der Waals surface area contributed by atoms with Crippen molar-refractivity contribution in [2.24, 2.45) is 5.92 Å². The zero-order valence-electron chi connectivity index (χ0n) is 14.8. The molecule has 1 aromatic heterocycles. The molecule has 3 rings (SSSR count). The van der Waals surface area contributed by atoms with E-state index in [-0.39, 0.29) is 35.5 Å². The number of nitrogens with zero attached hydrogens (tertiary/aromatic N) is 2. The zero-order chi connectivity index (χ0) is 18.4. The van der Waals surface area contributed by atoms with Crippen LogP contribution in [0.2, 0.25) is 0 Å². The molecular weight excluding hydrogens is 344 g/mol. The summed E-state index contributed by atoms with van der Waals surface area (Å²) in [6.07, 6.45) is 2.12. The predicted molar refractivity (Wildman–Crippen MR) is 94.3 cm³/mol. The maximum absolute atomic E-state index is 12.8. The first kappa shape index (κ1) is 18.1. The molecule has 0 saturated carbocycles. The molecule has 3 heterocycles. The van der Waals surface area contributed by atoms with Gasteiger partial charge in [0.25, 0.3) is 11.5 Å². The van der Waals surface area contributed by atoms with Gasteiger partial charge in [0, 0.05) is 31.2 Å². The standard InChI is InChI=1S/C16H24N4O4S/c1-18(2)10-15(21)17-13-4-5-14-12-6-11(8-20(14)16(13)22)7-19(9-12)25(3,23)24/h4-5,11-12H,6-10H2,1-3H3,(H,17,21)/p+1/t11-,12+/m0/s1. The van der Waals surface area contributed by atoms with Crippen LogP contribution in [0, 0.1) is 5.92 Å². The summed E-state index contributed by atoms with van der Waals surface area (Å²) < 4.78 is 26.9. The van der Waals surface area contributed by atoms with E-state index >= 15 is 0 Å². The Morgan fingerprint density at radius 2 is 2.00 bits per heavy atom. The van der Waals surface area contributed by atoms with Gasteiger partial charge in [-0.15, -0.1) is 0 Å². The molecule has 2 aliphatic heterocycles. The second-order valence-corrected chi connectivity index (χ2v) is 9.38. The fourth-order valence-corrected chi connectivity index (χ4v) is 4.72. The van der Waals surface area contributed by atoms with Gasteiger partial charge >= 0.3 is 0 Å². The lowest BCUT2D eigenvalue weighted by atomic mass is 9.84. The molecule has 0 aromatic carbocycles. The lowest BCUT2D eigenvalue weighted by Gasteiger charge is -2.41. The Kier molecular flexibility index (Phi) is 4.74. The number of amides is 1. The van der Waals surface area contributed by atoms with E-state index in [0.29, 0.717) is 19.6 Å². The highest BCUT2D eigenvalue weighted by molar-refractivity contribution is 7.88. The van der Waals surface area contributed by atoms with Crippen LogP contribution in [0.3, 0.4) is 0 Å². The first-order chi connectivity index (χ1) is 11.6. The van der Waals surface area contributed by atoms with Crippen LogP contribution >= 0.6 is 0 Å². The van der Waals surface area contributed by atoms with Crippen molar-refractivity contribution < 1.29 is 18.1 Å². The fourth-order valence-electron chi connectivity index (χ4n) is 3.78. The van der Waals surface area contributed by atoms with Gasteiger partial charge in [0.05, 0.1) is 20.4 Å². The van der Waals surface area contributed by atoms with Gasteiger partial charge in [0.1, 0.15) is 5.69 Å². The summed E-state index contributed by atoms with van der Waals surface area (Å²) >= 11 is 0. The molecule has 0 radical (unpaired) electrons. The van der Waals surface area contributed by atoms with Crippen LogP contribution in [0.25, 0.3) is 0 Å². The third-order valence-corrected chi connectivity index (χ3v) is 6.06. The van der Waals surface area contributed by atoms with Crippen molar-refractivity contribution in [3.8, 4) is 0 Å². The number of quaternary nitrogens is 1. The number of carbonyl (C=O) groups is 1. The summed E-state index contributed by atoms with van der Waals surface area (Å²) in [6.45, 7) is 1.63. The van der Waals surface area contributed by atoms with Crippen LogP contribution in [0.15, 0.2) is 16.9 Å². The molecule has 2 atom stereocenters. The molecule has 0 spiro atoms. The first-order valence-corrected chi connectivity index (χ1v) is 10.3. The second kappa shape index (κ2) is 6.54. The van der Waals surface area contributed by atoms with E-state index in [4.69, 9.17) is 0 Å². The minimum atomic E-state index is -3.23. The summed E-state index contributed by atoms with van der Waals surface area (Å²) in [7, 11) is 0.509. The normalized spacial score (nSPS) is 23.4. The van der Waals surface area contributed by atoms with Crippen LogP contribution in [0.5, 0.6) is 0 Å². The highest BCUT2D eigenvalue weighted by Gasteiger charge is 2.37. The Hall–Kier alpha value is -1.71. The van der Waals surface area contributed by atoms with Gasteiger partial charge in [0.2, 0.25) is 10.0 Å². The van der Waals surface area contributed by atoms with Crippen molar-refractivity contribution in [2.75, 3.05) is 45.3 Å². The van der Waals surface area contributed by atoms with E-state index in [1.54, 1.807) is 10.6 Å². The lowest BCUT2D eigenvalue weighted by Crippen LogP contribution is -3.06. The largest absolute Gasteiger partial charge is 0.332 e. The van der Waals surface area contributed by atoms with Gasteiger partial charge in [-0.3, -0.25) is 9.59 Å². The summed E-state index contributed by atoms with van der Waals surface area (Å²) in [5.74, 6) is -0.0568. The monoisotopic (exact) mass is 369 g/mol. The molecule has 2 aliphatic rings. The highest BCUT2D eigenvalue weighted by atomic mass is 32.2. The van der Waals surface area contributed by atoms with Crippen molar-refractivity contribution in [1.29, 1.82) is 0 Å². The molecule has 25 heavy (non-hydrogen) atoms. The summed E-state index contributed by atoms with van der Waals surface area (Å²) in [5.41, 5.74) is 0.933. The van der Waals surface area contributed by atoms with E-state index in [1.807, 2.05) is 20.2 Å². The van der Waals surface area contributed by atoms with E-state index in [2.05, 4.69) is 5.32 Å². The van der Waals surface area contributed by atoms with Crippen molar-refractivity contribution in [2.45, 2.75) is 18.9 Å². The highest BCUT2D eigenvalue weighted by Crippen LogP contribution is 2.36. The number of carbonyl (C=O) groups excluding carboxylic acids is 1. The van der Waals surface area contributed by atoms with E-state index in [0.717, 1.165) is 17.0 Å². The number of rotatable bonds is 4. The van der Waals surface area contributed by atoms with Crippen molar-refractivity contribution in [3.05, 3.63) is 28.2 Å². The van der Waals surface area contributed by atoms with Gasteiger partial charge in [0.15, 0.2) is 6.54 Å². The number of nitrogens with one attached hydrogen (secondary N) is 2. The molecule has 1 aromatic rings. The molecule has 0 unspecified atom stereocenters.